The molecule has 130 valence electrons. The van der Waals surface area contributed by atoms with Gasteiger partial charge in [-0.15, -0.1) is 10.2 Å². The van der Waals surface area contributed by atoms with E-state index in [0.29, 0.717) is 17.4 Å². The highest BCUT2D eigenvalue weighted by atomic mass is 32.2. The van der Waals surface area contributed by atoms with E-state index in [4.69, 9.17) is 5.73 Å². The zero-order valence-electron chi connectivity index (χ0n) is 14.5. The number of benzene rings is 2. The van der Waals surface area contributed by atoms with Gasteiger partial charge in [0.15, 0.2) is 11.0 Å². The van der Waals surface area contributed by atoms with E-state index < -0.39 is 0 Å². The smallest absolute Gasteiger partial charge is 0.191 e. The van der Waals surface area contributed by atoms with Crippen LogP contribution in [-0.2, 0) is 12.8 Å². The average molecular weight is 362 g/mol. The van der Waals surface area contributed by atoms with Crippen molar-refractivity contribution in [1.82, 2.24) is 24.7 Å². The Morgan fingerprint density at radius 1 is 1.00 bits per heavy atom. The lowest BCUT2D eigenvalue weighted by atomic mass is 10.1. The molecule has 2 heterocycles. The van der Waals surface area contributed by atoms with Crippen molar-refractivity contribution in [3.8, 4) is 11.4 Å². The third-order valence-electron chi connectivity index (χ3n) is 4.15. The standard InChI is InChI=1S/C19H18N6S/c1-12-7-9-13(10-8-12)18-23-24-19(25(18)2)26-11-16-21-15-6-4-3-5-14(15)17(20)22-16/h3-10H,11H2,1-2H3,(H2,20,21,22). The van der Waals surface area contributed by atoms with Crippen molar-refractivity contribution >= 4 is 28.5 Å². The number of hydrogen-bond acceptors (Lipinski definition) is 6. The van der Waals surface area contributed by atoms with Crippen LogP contribution in [-0.4, -0.2) is 24.7 Å². The Bertz CT molecular complexity index is 1070. The third-order valence-corrected chi connectivity index (χ3v) is 5.17. The third kappa shape index (κ3) is 3.13. The van der Waals surface area contributed by atoms with Crippen molar-refractivity contribution in [3.63, 3.8) is 0 Å². The fourth-order valence-electron chi connectivity index (χ4n) is 2.74. The number of aromatic nitrogens is 5. The fourth-order valence-corrected chi connectivity index (χ4v) is 3.51. The molecule has 0 aliphatic heterocycles. The quantitative estimate of drug-likeness (QED) is 0.559. The molecule has 0 saturated carbocycles. The van der Waals surface area contributed by atoms with E-state index in [9.17, 15) is 0 Å². The molecule has 4 aromatic rings. The molecule has 0 aliphatic rings. The van der Waals surface area contributed by atoms with Crippen LogP contribution in [0.5, 0.6) is 0 Å². The number of nitrogens with two attached hydrogens (primary N) is 1. The molecule has 6 nitrogen and oxygen atoms in total. The highest BCUT2D eigenvalue weighted by molar-refractivity contribution is 7.98. The first-order valence-electron chi connectivity index (χ1n) is 8.22. The van der Waals surface area contributed by atoms with Crippen LogP contribution in [0.3, 0.4) is 0 Å². The van der Waals surface area contributed by atoms with E-state index in [1.165, 1.54) is 5.56 Å². The lowest BCUT2D eigenvalue weighted by Gasteiger charge is -2.06. The van der Waals surface area contributed by atoms with E-state index in [1.807, 2.05) is 35.9 Å². The predicted octanol–water partition coefficient (Wildman–Crippen LogP) is 3.61. The monoisotopic (exact) mass is 362 g/mol. The minimum atomic E-state index is 0.504. The van der Waals surface area contributed by atoms with E-state index in [-0.39, 0.29) is 0 Å². The number of rotatable bonds is 4. The second-order valence-electron chi connectivity index (χ2n) is 6.06. The molecule has 2 N–H and O–H groups in total. The van der Waals surface area contributed by atoms with Gasteiger partial charge < -0.3 is 10.3 Å². The largest absolute Gasteiger partial charge is 0.383 e. The lowest BCUT2D eigenvalue weighted by Crippen LogP contribution is -2.01. The van der Waals surface area contributed by atoms with Crippen molar-refractivity contribution in [1.29, 1.82) is 0 Å². The Balaban J connectivity index is 1.56. The van der Waals surface area contributed by atoms with Gasteiger partial charge in [0, 0.05) is 18.0 Å². The summed E-state index contributed by atoms with van der Waals surface area (Å²) in [5.41, 5.74) is 9.17. The second kappa shape index (κ2) is 6.76. The highest BCUT2D eigenvalue weighted by Gasteiger charge is 2.12. The van der Waals surface area contributed by atoms with Crippen molar-refractivity contribution in [2.45, 2.75) is 17.8 Å². The molecular formula is C19H18N6S. The average Bonchev–Trinajstić information content (AvgIpc) is 3.01. The summed E-state index contributed by atoms with van der Waals surface area (Å²) >= 11 is 1.54. The molecule has 0 spiro atoms. The first-order valence-corrected chi connectivity index (χ1v) is 9.21. The van der Waals surface area contributed by atoms with Gasteiger partial charge in [-0.1, -0.05) is 53.7 Å². The summed E-state index contributed by atoms with van der Waals surface area (Å²) in [5.74, 6) is 2.61. The molecule has 0 radical (unpaired) electrons. The van der Waals surface area contributed by atoms with Crippen molar-refractivity contribution in [3.05, 3.63) is 59.9 Å². The summed E-state index contributed by atoms with van der Waals surface area (Å²) in [6.45, 7) is 2.07. The molecule has 26 heavy (non-hydrogen) atoms. The lowest BCUT2D eigenvalue weighted by molar-refractivity contribution is 0.793. The van der Waals surface area contributed by atoms with Crippen molar-refractivity contribution in [2.24, 2.45) is 7.05 Å². The number of aryl methyl sites for hydroxylation is 1. The van der Waals surface area contributed by atoms with Gasteiger partial charge in [0.05, 0.1) is 11.3 Å². The van der Waals surface area contributed by atoms with Crippen LogP contribution in [0.4, 0.5) is 5.82 Å². The molecule has 4 rings (SSSR count). The first kappa shape index (κ1) is 16.5. The van der Waals surface area contributed by atoms with Crippen LogP contribution in [0.15, 0.2) is 53.7 Å². The van der Waals surface area contributed by atoms with E-state index in [0.717, 1.165) is 27.4 Å². The van der Waals surface area contributed by atoms with Gasteiger partial charge in [0.2, 0.25) is 0 Å². The molecule has 0 amide bonds. The van der Waals surface area contributed by atoms with Gasteiger partial charge in [0.1, 0.15) is 11.6 Å². The van der Waals surface area contributed by atoms with Crippen LogP contribution >= 0.6 is 11.8 Å². The number of nitrogen functional groups attached to an aromatic ring is 1. The van der Waals surface area contributed by atoms with Crippen LogP contribution in [0.25, 0.3) is 22.3 Å². The van der Waals surface area contributed by atoms with Gasteiger partial charge in [0.25, 0.3) is 0 Å². The molecule has 7 heteroatoms. The maximum Gasteiger partial charge on any atom is 0.191 e. The molecule has 0 atom stereocenters. The Kier molecular flexibility index (Phi) is 4.30. The number of fused-ring (bicyclic) bond motifs is 1. The summed E-state index contributed by atoms with van der Waals surface area (Å²) in [6, 6.07) is 16.0. The predicted molar refractivity (Wildman–Crippen MR) is 105 cm³/mol. The fraction of sp³-hybridized carbons (Fsp3) is 0.158. The number of hydrogen-bond donors (Lipinski definition) is 1. The topological polar surface area (TPSA) is 82.5 Å². The van der Waals surface area contributed by atoms with Gasteiger partial charge in [-0.05, 0) is 19.1 Å². The SMILES string of the molecule is Cc1ccc(-c2nnc(SCc3nc(N)c4ccccc4n3)n2C)cc1. The summed E-state index contributed by atoms with van der Waals surface area (Å²) in [4.78, 5) is 9.00. The van der Waals surface area contributed by atoms with Gasteiger partial charge in [-0.3, -0.25) is 0 Å². The molecule has 2 aromatic heterocycles. The summed E-state index contributed by atoms with van der Waals surface area (Å²) in [5, 5.41) is 10.3. The minimum absolute atomic E-state index is 0.504. The van der Waals surface area contributed by atoms with E-state index >= 15 is 0 Å². The summed E-state index contributed by atoms with van der Waals surface area (Å²) < 4.78 is 1.99. The Morgan fingerprint density at radius 3 is 2.58 bits per heavy atom. The Labute approximate surface area is 155 Å². The zero-order chi connectivity index (χ0) is 18.1. The van der Waals surface area contributed by atoms with Crippen LogP contribution in [0.2, 0.25) is 0 Å². The van der Waals surface area contributed by atoms with Crippen LogP contribution in [0, 0.1) is 6.92 Å². The molecule has 0 fully saturated rings. The summed E-state index contributed by atoms with van der Waals surface area (Å²) in [6.07, 6.45) is 0. The maximum atomic E-state index is 6.05. The van der Waals surface area contributed by atoms with E-state index in [1.54, 1.807) is 11.8 Å². The number of nitrogens with zero attached hydrogens (tertiary/aromatic N) is 5. The molecule has 2 aromatic carbocycles. The van der Waals surface area contributed by atoms with Gasteiger partial charge in [-0.25, -0.2) is 9.97 Å². The maximum absolute atomic E-state index is 6.05. The number of para-hydroxylation sites is 1. The van der Waals surface area contributed by atoms with Crippen molar-refractivity contribution in [2.75, 3.05) is 5.73 Å². The van der Waals surface area contributed by atoms with Crippen LogP contribution < -0.4 is 5.73 Å². The molecule has 0 aliphatic carbocycles. The zero-order valence-corrected chi connectivity index (χ0v) is 15.4. The number of thioether (sulfide) groups is 1. The van der Waals surface area contributed by atoms with Gasteiger partial charge in [-0.2, -0.15) is 0 Å². The number of anilines is 1. The molecule has 0 saturated heterocycles. The van der Waals surface area contributed by atoms with E-state index in [2.05, 4.69) is 51.4 Å². The minimum Gasteiger partial charge on any atom is -0.383 e. The molecular weight excluding hydrogens is 344 g/mol. The second-order valence-corrected chi connectivity index (χ2v) is 7.00. The van der Waals surface area contributed by atoms with Crippen molar-refractivity contribution < 1.29 is 0 Å². The normalized spacial score (nSPS) is 11.2. The van der Waals surface area contributed by atoms with Crippen LogP contribution in [0.1, 0.15) is 11.4 Å². The van der Waals surface area contributed by atoms with Gasteiger partial charge >= 0.3 is 0 Å². The molecule has 0 bridgehead atoms. The Morgan fingerprint density at radius 2 is 1.77 bits per heavy atom. The molecule has 0 unspecified atom stereocenters. The Hall–Kier alpha value is -2.93. The first-order chi connectivity index (χ1) is 12.6. The summed E-state index contributed by atoms with van der Waals surface area (Å²) in [7, 11) is 1.97. The highest BCUT2D eigenvalue weighted by Crippen LogP contribution is 2.26.